The second-order valence-corrected chi connectivity index (χ2v) is 5.19. The fourth-order valence-electron chi connectivity index (χ4n) is 2.42. The van der Waals surface area contributed by atoms with E-state index in [0.717, 1.165) is 31.5 Å². The number of aryl methyl sites for hydroxylation is 1. The average molecular weight is 275 g/mol. The van der Waals surface area contributed by atoms with Gasteiger partial charge < -0.3 is 9.64 Å². The van der Waals surface area contributed by atoms with Gasteiger partial charge in [0.2, 0.25) is 0 Å². The molecule has 1 aliphatic heterocycles. The molecule has 1 amide bonds. The van der Waals surface area contributed by atoms with E-state index < -0.39 is 5.97 Å². The Kier molecular flexibility index (Phi) is 5.16. The fraction of sp³-hybridized carbons (Fsp3) is 0.500. The van der Waals surface area contributed by atoms with Crippen LogP contribution in [0.5, 0.6) is 0 Å². The average Bonchev–Trinajstić information content (AvgIpc) is 2.74. The van der Waals surface area contributed by atoms with E-state index in [2.05, 4.69) is 0 Å². The van der Waals surface area contributed by atoms with E-state index in [-0.39, 0.29) is 12.5 Å². The van der Waals surface area contributed by atoms with E-state index in [1.165, 1.54) is 12.8 Å². The number of amides is 1. The molecule has 4 heteroatoms. The normalized spacial score (nSPS) is 15.6. The van der Waals surface area contributed by atoms with E-state index in [4.69, 9.17) is 4.74 Å². The summed E-state index contributed by atoms with van der Waals surface area (Å²) >= 11 is 0. The molecule has 1 saturated heterocycles. The molecule has 0 spiro atoms. The van der Waals surface area contributed by atoms with E-state index in [9.17, 15) is 9.59 Å². The highest BCUT2D eigenvalue weighted by atomic mass is 16.5. The Hall–Kier alpha value is -1.84. The number of carbonyl (C=O) groups excluding carboxylic acids is 2. The number of hydrogen-bond donors (Lipinski definition) is 0. The number of ether oxygens (including phenoxy) is 1. The first-order chi connectivity index (χ1) is 9.68. The van der Waals surface area contributed by atoms with Gasteiger partial charge in [0.05, 0.1) is 5.56 Å². The first-order valence-corrected chi connectivity index (χ1v) is 7.19. The molecule has 1 aromatic rings. The maximum absolute atomic E-state index is 12.0. The SMILES string of the molecule is Cc1ccccc1C(=O)OCC(=O)N1CCCCCC1. The van der Waals surface area contributed by atoms with E-state index in [1.54, 1.807) is 17.0 Å². The number of likely N-dealkylation sites (tertiary alicyclic amines) is 1. The van der Waals surface area contributed by atoms with Crippen LogP contribution in [0.4, 0.5) is 0 Å². The van der Waals surface area contributed by atoms with Gasteiger partial charge in [-0.25, -0.2) is 4.79 Å². The van der Waals surface area contributed by atoms with Crippen molar-refractivity contribution in [2.24, 2.45) is 0 Å². The van der Waals surface area contributed by atoms with Crippen LogP contribution in [0.1, 0.15) is 41.6 Å². The fourth-order valence-corrected chi connectivity index (χ4v) is 2.42. The number of rotatable bonds is 3. The monoisotopic (exact) mass is 275 g/mol. The number of esters is 1. The van der Waals surface area contributed by atoms with Gasteiger partial charge >= 0.3 is 5.97 Å². The molecule has 20 heavy (non-hydrogen) atoms. The van der Waals surface area contributed by atoms with Crippen molar-refractivity contribution in [1.29, 1.82) is 0 Å². The molecule has 2 rings (SSSR count). The van der Waals surface area contributed by atoms with Crippen LogP contribution in [-0.2, 0) is 9.53 Å². The molecule has 0 N–H and O–H groups in total. The van der Waals surface area contributed by atoms with Crippen LogP contribution < -0.4 is 0 Å². The minimum absolute atomic E-state index is 0.0890. The summed E-state index contributed by atoms with van der Waals surface area (Å²) < 4.78 is 5.13. The lowest BCUT2D eigenvalue weighted by molar-refractivity contribution is -0.134. The molecular weight excluding hydrogens is 254 g/mol. The Balaban J connectivity index is 1.86. The Morgan fingerprint density at radius 1 is 1.10 bits per heavy atom. The molecule has 4 nitrogen and oxygen atoms in total. The quantitative estimate of drug-likeness (QED) is 0.796. The smallest absolute Gasteiger partial charge is 0.338 e. The predicted octanol–water partition coefficient (Wildman–Crippen LogP) is 2.55. The minimum Gasteiger partial charge on any atom is -0.452 e. The highest BCUT2D eigenvalue weighted by Crippen LogP contribution is 2.11. The van der Waals surface area contributed by atoms with Gasteiger partial charge in [-0.05, 0) is 31.4 Å². The van der Waals surface area contributed by atoms with Crippen LogP contribution >= 0.6 is 0 Å². The summed E-state index contributed by atoms with van der Waals surface area (Å²) in [7, 11) is 0. The van der Waals surface area contributed by atoms with Gasteiger partial charge in [0.1, 0.15) is 0 Å². The van der Waals surface area contributed by atoms with E-state index in [0.29, 0.717) is 5.56 Å². The van der Waals surface area contributed by atoms with E-state index in [1.807, 2.05) is 19.1 Å². The van der Waals surface area contributed by atoms with Gasteiger partial charge in [0.15, 0.2) is 6.61 Å². The molecule has 1 aliphatic rings. The summed E-state index contributed by atoms with van der Waals surface area (Å²) in [6.45, 7) is 3.25. The molecule has 0 bridgehead atoms. The maximum Gasteiger partial charge on any atom is 0.338 e. The Morgan fingerprint density at radius 2 is 1.75 bits per heavy atom. The third-order valence-electron chi connectivity index (χ3n) is 3.65. The Bertz CT molecular complexity index is 476. The summed E-state index contributed by atoms with van der Waals surface area (Å²) in [5.74, 6) is -0.514. The molecule has 108 valence electrons. The van der Waals surface area contributed by atoms with Crippen LogP contribution in [0.15, 0.2) is 24.3 Å². The molecule has 0 atom stereocenters. The first-order valence-electron chi connectivity index (χ1n) is 7.19. The number of hydrogen-bond acceptors (Lipinski definition) is 3. The first kappa shape index (κ1) is 14.6. The number of benzene rings is 1. The largest absolute Gasteiger partial charge is 0.452 e. The second kappa shape index (κ2) is 7.08. The van der Waals surface area contributed by atoms with Crippen molar-refractivity contribution in [2.75, 3.05) is 19.7 Å². The lowest BCUT2D eigenvalue weighted by Gasteiger charge is -2.20. The maximum atomic E-state index is 12.0. The van der Waals surface area contributed by atoms with Crippen molar-refractivity contribution in [2.45, 2.75) is 32.6 Å². The third kappa shape index (κ3) is 3.83. The Morgan fingerprint density at radius 3 is 2.40 bits per heavy atom. The van der Waals surface area contributed by atoms with Crippen molar-refractivity contribution in [3.8, 4) is 0 Å². The second-order valence-electron chi connectivity index (χ2n) is 5.19. The van der Waals surface area contributed by atoms with Crippen LogP contribution in [0.3, 0.4) is 0 Å². The van der Waals surface area contributed by atoms with Crippen molar-refractivity contribution in [1.82, 2.24) is 4.90 Å². The lowest BCUT2D eigenvalue weighted by Crippen LogP contribution is -2.35. The molecule has 0 unspecified atom stereocenters. The van der Waals surface area contributed by atoms with Gasteiger partial charge in [-0.15, -0.1) is 0 Å². The molecule has 1 aromatic carbocycles. The van der Waals surface area contributed by atoms with Gasteiger partial charge in [0.25, 0.3) is 5.91 Å². The topological polar surface area (TPSA) is 46.6 Å². The van der Waals surface area contributed by atoms with Crippen molar-refractivity contribution < 1.29 is 14.3 Å². The van der Waals surface area contributed by atoms with Crippen LogP contribution in [0.25, 0.3) is 0 Å². The van der Waals surface area contributed by atoms with Crippen molar-refractivity contribution in [3.05, 3.63) is 35.4 Å². The zero-order valence-electron chi connectivity index (χ0n) is 11.9. The van der Waals surface area contributed by atoms with Gasteiger partial charge in [-0.3, -0.25) is 4.79 Å². The minimum atomic E-state index is -0.425. The summed E-state index contributed by atoms with van der Waals surface area (Å²) in [6, 6.07) is 7.23. The van der Waals surface area contributed by atoms with Crippen LogP contribution in [0.2, 0.25) is 0 Å². The standard InChI is InChI=1S/C16H21NO3/c1-13-8-4-5-9-14(13)16(19)20-12-15(18)17-10-6-2-3-7-11-17/h4-5,8-9H,2-3,6-7,10-12H2,1H3. The van der Waals surface area contributed by atoms with Gasteiger partial charge in [0, 0.05) is 13.1 Å². The number of nitrogens with zero attached hydrogens (tertiary/aromatic N) is 1. The highest BCUT2D eigenvalue weighted by molar-refractivity contribution is 5.92. The van der Waals surface area contributed by atoms with Crippen molar-refractivity contribution >= 4 is 11.9 Å². The van der Waals surface area contributed by atoms with Gasteiger partial charge in [-0.1, -0.05) is 31.0 Å². The molecule has 0 aliphatic carbocycles. The summed E-state index contributed by atoms with van der Waals surface area (Å²) in [6.07, 6.45) is 4.43. The lowest BCUT2D eigenvalue weighted by atomic mass is 10.1. The molecule has 0 radical (unpaired) electrons. The molecule has 1 heterocycles. The molecule has 0 aromatic heterocycles. The van der Waals surface area contributed by atoms with Crippen LogP contribution in [-0.4, -0.2) is 36.5 Å². The van der Waals surface area contributed by atoms with Crippen LogP contribution in [0, 0.1) is 6.92 Å². The molecule has 1 fully saturated rings. The molecule has 0 saturated carbocycles. The zero-order chi connectivity index (χ0) is 14.4. The summed E-state index contributed by atoms with van der Waals surface area (Å²) in [5, 5.41) is 0. The number of carbonyl (C=O) groups is 2. The summed E-state index contributed by atoms with van der Waals surface area (Å²) in [5.41, 5.74) is 1.39. The third-order valence-corrected chi connectivity index (χ3v) is 3.65. The van der Waals surface area contributed by atoms with Gasteiger partial charge in [-0.2, -0.15) is 0 Å². The highest BCUT2D eigenvalue weighted by Gasteiger charge is 2.18. The zero-order valence-corrected chi connectivity index (χ0v) is 11.9. The summed E-state index contributed by atoms with van der Waals surface area (Å²) in [4.78, 5) is 25.8. The van der Waals surface area contributed by atoms with Crippen molar-refractivity contribution in [3.63, 3.8) is 0 Å². The van der Waals surface area contributed by atoms with E-state index >= 15 is 0 Å². The predicted molar refractivity (Wildman–Crippen MR) is 76.5 cm³/mol. The molecular formula is C16H21NO3. The Labute approximate surface area is 119 Å².